The molecule has 1 amide bonds. The maximum atomic E-state index is 13.8. The van der Waals surface area contributed by atoms with Gasteiger partial charge in [-0.15, -0.1) is 0 Å². The zero-order valence-electron chi connectivity index (χ0n) is 24.5. The molecule has 228 valence electrons. The fraction of sp³-hybridized carbons (Fsp3) is 0.419. The maximum Gasteiger partial charge on any atom is 0.471 e. The third-order valence-electron chi connectivity index (χ3n) is 7.91. The summed E-state index contributed by atoms with van der Waals surface area (Å²) < 4.78 is 57.4. The largest absolute Gasteiger partial charge is 0.493 e. The van der Waals surface area contributed by atoms with Crippen LogP contribution in [0.4, 0.5) is 24.8 Å². The average Bonchev–Trinajstić information content (AvgIpc) is 3.38. The number of methoxy groups -OCH3 is 1. The molecule has 0 saturated carbocycles. The fourth-order valence-electron chi connectivity index (χ4n) is 5.61. The van der Waals surface area contributed by atoms with E-state index in [4.69, 9.17) is 24.2 Å². The Morgan fingerprint density at radius 2 is 1.77 bits per heavy atom. The standard InChI is InChI=1S/C31H33F3N4O5/c1-18-21(6-5-7-24(18)28-19(2)35-30(36-20(28)3)37-10-12-42-13-11-37)16-38(29(40)31(32,33)34)23-8-9-25-22(14-27(39)41-4)17-43-26(25)15-23/h5-9,15,22H,10-14,16-17H2,1-4H3/t22-/m1/s1. The van der Waals surface area contributed by atoms with Crippen LogP contribution in [0.3, 0.4) is 0 Å². The molecule has 12 heteroatoms. The first-order chi connectivity index (χ1) is 20.5. The molecule has 0 aliphatic carbocycles. The van der Waals surface area contributed by atoms with Crippen LogP contribution in [0.15, 0.2) is 36.4 Å². The third kappa shape index (κ3) is 6.29. The molecule has 0 unspecified atom stereocenters. The summed E-state index contributed by atoms with van der Waals surface area (Å²) in [6, 6.07) is 9.82. The number of alkyl halides is 3. The first kappa shape index (κ1) is 30.3. The molecule has 3 aromatic rings. The Labute approximate surface area is 247 Å². The van der Waals surface area contributed by atoms with E-state index in [-0.39, 0.29) is 31.2 Å². The van der Waals surface area contributed by atoms with Gasteiger partial charge in [-0.25, -0.2) is 9.97 Å². The summed E-state index contributed by atoms with van der Waals surface area (Å²) in [5.41, 5.74) is 5.04. The van der Waals surface area contributed by atoms with Crippen molar-refractivity contribution in [2.75, 3.05) is 49.8 Å². The van der Waals surface area contributed by atoms with Crippen molar-refractivity contribution in [1.29, 1.82) is 0 Å². The first-order valence-electron chi connectivity index (χ1n) is 14.0. The smallest absolute Gasteiger partial charge is 0.471 e. The van der Waals surface area contributed by atoms with Gasteiger partial charge >= 0.3 is 18.1 Å². The van der Waals surface area contributed by atoms with Gasteiger partial charge in [-0.1, -0.05) is 24.3 Å². The average molecular weight is 599 g/mol. The number of esters is 1. The quantitative estimate of drug-likeness (QED) is 0.350. The van der Waals surface area contributed by atoms with Gasteiger partial charge in [0.1, 0.15) is 5.75 Å². The van der Waals surface area contributed by atoms with Crippen LogP contribution in [0.25, 0.3) is 11.1 Å². The van der Waals surface area contributed by atoms with Gasteiger partial charge in [-0.2, -0.15) is 13.2 Å². The van der Waals surface area contributed by atoms with Crippen LogP contribution in [0.5, 0.6) is 5.75 Å². The van der Waals surface area contributed by atoms with E-state index in [9.17, 15) is 22.8 Å². The number of amides is 1. The third-order valence-corrected chi connectivity index (χ3v) is 7.91. The number of ether oxygens (including phenoxy) is 3. The van der Waals surface area contributed by atoms with E-state index < -0.39 is 18.1 Å². The van der Waals surface area contributed by atoms with Gasteiger partial charge in [-0.3, -0.25) is 9.59 Å². The molecule has 43 heavy (non-hydrogen) atoms. The number of aryl methyl sites for hydroxylation is 2. The number of fused-ring (bicyclic) bond motifs is 1. The number of carbonyl (C=O) groups is 2. The van der Waals surface area contributed by atoms with Crippen molar-refractivity contribution in [2.45, 2.75) is 45.8 Å². The number of morpholine rings is 1. The molecule has 1 atom stereocenters. The van der Waals surface area contributed by atoms with Crippen LogP contribution in [0.1, 0.15) is 40.4 Å². The molecule has 3 heterocycles. The lowest BCUT2D eigenvalue weighted by molar-refractivity contribution is -0.170. The van der Waals surface area contributed by atoms with Crippen molar-refractivity contribution in [3.63, 3.8) is 0 Å². The lowest BCUT2D eigenvalue weighted by Gasteiger charge is -2.28. The van der Waals surface area contributed by atoms with Gasteiger partial charge in [0.2, 0.25) is 5.95 Å². The summed E-state index contributed by atoms with van der Waals surface area (Å²) in [4.78, 5) is 36.8. The van der Waals surface area contributed by atoms with E-state index in [1.165, 1.54) is 19.2 Å². The van der Waals surface area contributed by atoms with E-state index in [0.717, 1.165) is 22.5 Å². The minimum atomic E-state index is -5.10. The predicted octanol–water partition coefficient (Wildman–Crippen LogP) is 5.04. The maximum absolute atomic E-state index is 13.8. The van der Waals surface area contributed by atoms with Crippen molar-refractivity contribution < 1.29 is 37.0 Å². The van der Waals surface area contributed by atoms with Crippen molar-refractivity contribution in [3.05, 3.63) is 64.5 Å². The number of hydrogen-bond donors (Lipinski definition) is 0. The molecule has 2 aliphatic heterocycles. The number of halogens is 3. The number of nitrogens with zero attached hydrogens (tertiary/aromatic N) is 4. The Bertz CT molecular complexity index is 1520. The molecule has 1 saturated heterocycles. The minimum absolute atomic E-state index is 0.0372. The summed E-state index contributed by atoms with van der Waals surface area (Å²) in [7, 11) is 1.29. The number of aromatic nitrogens is 2. The van der Waals surface area contributed by atoms with Crippen LogP contribution < -0.4 is 14.5 Å². The van der Waals surface area contributed by atoms with Gasteiger partial charge in [-0.05, 0) is 43.5 Å². The second kappa shape index (κ2) is 12.2. The van der Waals surface area contributed by atoms with E-state index in [1.807, 2.05) is 26.8 Å². The Hall–Kier alpha value is -4.19. The Balaban J connectivity index is 1.48. The van der Waals surface area contributed by atoms with E-state index in [1.54, 1.807) is 18.2 Å². The van der Waals surface area contributed by atoms with Crippen molar-refractivity contribution in [1.82, 2.24) is 9.97 Å². The Kier molecular flexibility index (Phi) is 8.59. The van der Waals surface area contributed by atoms with Crippen LogP contribution in [0, 0.1) is 20.8 Å². The summed E-state index contributed by atoms with van der Waals surface area (Å²) in [5, 5.41) is 0. The highest BCUT2D eigenvalue weighted by Gasteiger charge is 2.43. The molecular weight excluding hydrogens is 565 g/mol. The molecule has 1 aromatic heterocycles. The Morgan fingerprint density at radius 1 is 1.07 bits per heavy atom. The van der Waals surface area contributed by atoms with Crippen molar-refractivity contribution in [2.24, 2.45) is 0 Å². The fourth-order valence-corrected chi connectivity index (χ4v) is 5.61. The number of hydrogen-bond acceptors (Lipinski definition) is 8. The van der Waals surface area contributed by atoms with Crippen molar-refractivity contribution >= 4 is 23.5 Å². The van der Waals surface area contributed by atoms with Crippen LogP contribution in [0.2, 0.25) is 0 Å². The number of rotatable bonds is 7. The molecule has 9 nitrogen and oxygen atoms in total. The summed E-state index contributed by atoms with van der Waals surface area (Å²) in [6.45, 7) is 8.03. The highest BCUT2D eigenvalue weighted by atomic mass is 19.4. The molecular formula is C31H33F3N4O5. The van der Waals surface area contributed by atoms with Gasteiger partial charge in [0.25, 0.3) is 0 Å². The molecule has 0 radical (unpaired) electrons. The zero-order valence-corrected chi connectivity index (χ0v) is 24.5. The molecule has 0 spiro atoms. The van der Waals surface area contributed by atoms with Crippen LogP contribution in [-0.2, 0) is 25.6 Å². The highest BCUT2D eigenvalue weighted by molar-refractivity contribution is 5.97. The van der Waals surface area contributed by atoms with Gasteiger partial charge < -0.3 is 24.0 Å². The molecule has 0 N–H and O–H groups in total. The monoisotopic (exact) mass is 598 g/mol. The zero-order chi connectivity index (χ0) is 30.9. The summed E-state index contributed by atoms with van der Waals surface area (Å²) in [5.74, 6) is -1.75. The number of benzene rings is 2. The predicted molar refractivity (Wildman–Crippen MR) is 153 cm³/mol. The normalized spacial score (nSPS) is 16.4. The lowest BCUT2D eigenvalue weighted by atomic mass is 9.94. The highest BCUT2D eigenvalue weighted by Crippen LogP contribution is 2.40. The topological polar surface area (TPSA) is 94.1 Å². The minimum Gasteiger partial charge on any atom is -0.493 e. The SMILES string of the molecule is COC(=O)C[C@@H]1COc2cc(N(Cc3cccc(-c4c(C)nc(N5CCOCC5)nc4C)c3C)C(=O)C(F)(F)F)ccc21. The molecule has 0 bridgehead atoms. The number of carbonyl (C=O) groups excluding carboxylic acids is 2. The van der Waals surface area contributed by atoms with E-state index in [0.29, 0.717) is 59.6 Å². The second-order valence-electron chi connectivity index (χ2n) is 10.7. The van der Waals surface area contributed by atoms with E-state index in [2.05, 4.69) is 4.90 Å². The summed E-state index contributed by atoms with van der Waals surface area (Å²) in [6.07, 6.45) is -5.02. The van der Waals surface area contributed by atoms with Gasteiger partial charge in [0.15, 0.2) is 0 Å². The Morgan fingerprint density at radius 3 is 2.42 bits per heavy atom. The first-order valence-corrected chi connectivity index (χ1v) is 14.0. The van der Waals surface area contributed by atoms with Crippen LogP contribution >= 0.6 is 0 Å². The molecule has 5 rings (SSSR count). The van der Waals surface area contributed by atoms with E-state index >= 15 is 0 Å². The molecule has 2 aliphatic rings. The number of anilines is 2. The van der Waals surface area contributed by atoms with Crippen molar-refractivity contribution in [3.8, 4) is 16.9 Å². The summed E-state index contributed by atoms with van der Waals surface area (Å²) >= 11 is 0. The lowest BCUT2D eigenvalue weighted by Crippen LogP contribution is -2.41. The molecule has 2 aromatic carbocycles. The van der Waals surface area contributed by atoms with Gasteiger partial charge in [0, 0.05) is 41.9 Å². The molecule has 1 fully saturated rings. The second-order valence-corrected chi connectivity index (χ2v) is 10.7. The van der Waals surface area contributed by atoms with Gasteiger partial charge in [0.05, 0.1) is 51.3 Å². The van der Waals surface area contributed by atoms with Crippen LogP contribution in [-0.4, -0.2) is 68.0 Å².